The van der Waals surface area contributed by atoms with E-state index in [2.05, 4.69) is 40.5 Å². The molecule has 0 aliphatic carbocycles. The molecule has 25 heavy (non-hydrogen) atoms. The van der Waals surface area contributed by atoms with Crippen LogP contribution in [0.15, 0.2) is 42.7 Å². The third kappa shape index (κ3) is 3.23. The third-order valence-corrected chi connectivity index (χ3v) is 7.18. The highest BCUT2D eigenvalue weighted by atomic mass is 32.2. The molecule has 1 aromatic heterocycles. The largest absolute Gasteiger partial charge is 0.364 e. The fourth-order valence-electron chi connectivity index (χ4n) is 3.93. The highest BCUT2D eigenvalue weighted by Crippen LogP contribution is 2.46. The molecule has 0 saturated carbocycles. The number of aromatic nitrogens is 1. The lowest BCUT2D eigenvalue weighted by Crippen LogP contribution is -2.42. The van der Waals surface area contributed by atoms with E-state index in [1.165, 1.54) is 25.9 Å². The standard InChI is InChI=1S/C20H25N3OS/c1-15-23(14-20(25-15)8-11-22(2)12-9-20)10-7-19(24)17-13-21-18-6-4-3-5-16(17)18/h3-7,10,13,15,21H,8-9,11-12,14H2,1-2H3/b10-7+. The van der Waals surface area contributed by atoms with Gasteiger partial charge in [-0.15, -0.1) is 11.8 Å². The Morgan fingerprint density at radius 2 is 2.08 bits per heavy atom. The maximum absolute atomic E-state index is 12.6. The molecule has 2 saturated heterocycles. The SMILES string of the molecule is CC1SC2(CCN(C)CC2)CN1/C=C/C(=O)c1c[nH]c2ccccc12. The summed E-state index contributed by atoms with van der Waals surface area (Å²) in [4.78, 5) is 20.6. The average molecular weight is 356 g/mol. The van der Waals surface area contributed by atoms with Gasteiger partial charge in [0.25, 0.3) is 0 Å². The van der Waals surface area contributed by atoms with Crippen molar-refractivity contribution in [1.82, 2.24) is 14.8 Å². The quantitative estimate of drug-likeness (QED) is 0.673. The van der Waals surface area contributed by atoms with Crippen LogP contribution in [-0.2, 0) is 0 Å². The molecule has 5 heteroatoms. The number of rotatable bonds is 3. The number of hydrogen-bond donors (Lipinski definition) is 1. The Morgan fingerprint density at radius 3 is 2.88 bits per heavy atom. The lowest BCUT2D eigenvalue weighted by molar-refractivity contribution is 0.104. The summed E-state index contributed by atoms with van der Waals surface area (Å²) in [5, 5.41) is 1.42. The summed E-state index contributed by atoms with van der Waals surface area (Å²) in [6, 6.07) is 7.94. The molecule has 4 rings (SSSR count). The number of likely N-dealkylation sites (tertiary alicyclic amines) is 1. The molecule has 0 amide bonds. The van der Waals surface area contributed by atoms with Crippen LogP contribution in [0.2, 0.25) is 0 Å². The van der Waals surface area contributed by atoms with Crippen LogP contribution >= 0.6 is 11.8 Å². The third-order valence-electron chi connectivity index (χ3n) is 5.53. The minimum atomic E-state index is 0.0685. The molecule has 2 aliphatic heterocycles. The first kappa shape index (κ1) is 16.7. The van der Waals surface area contributed by atoms with Crippen molar-refractivity contribution in [2.45, 2.75) is 29.9 Å². The van der Waals surface area contributed by atoms with Crippen LogP contribution in [0.3, 0.4) is 0 Å². The summed E-state index contributed by atoms with van der Waals surface area (Å²) in [7, 11) is 2.20. The van der Waals surface area contributed by atoms with Crippen molar-refractivity contribution in [2.24, 2.45) is 0 Å². The van der Waals surface area contributed by atoms with Gasteiger partial charge in [-0.3, -0.25) is 4.79 Å². The van der Waals surface area contributed by atoms with Gasteiger partial charge in [-0.05, 0) is 46.0 Å². The van der Waals surface area contributed by atoms with E-state index in [0.717, 1.165) is 23.0 Å². The summed E-state index contributed by atoms with van der Waals surface area (Å²) >= 11 is 2.08. The number of benzene rings is 1. The van der Waals surface area contributed by atoms with Crippen molar-refractivity contribution >= 4 is 28.4 Å². The van der Waals surface area contributed by atoms with Crippen LogP contribution in [0.1, 0.15) is 30.1 Å². The summed E-state index contributed by atoms with van der Waals surface area (Å²) in [5.41, 5.74) is 1.76. The number of aromatic amines is 1. The van der Waals surface area contributed by atoms with Crippen molar-refractivity contribution in [2.75, 3.05) is 26.7 Å². The number of H-pyrrole nitrogens is 1. The highest BCUT2D eigenvalue weighted by Gasteiger charge is 2.43. The van der Waals surface area contributed by atoms with Crippen LogP contribution in [0.25, 0.3) is 10.9 Å². The molecule has 2 aromatic rings. The molecule has 1 aromatic carbocycles. The molecule has 0 radical (unpaired) electrons. The van der Waals surface area contributed by atoms with Gasteiger partial charge in [0.15, 0.2) is 5.78 Å². The van der Waals surface area contributed by atoms with Crippen molar-refractivity contribution in [3.8, 4) is 0 Å². The van der Waals surface area contributed by atoms with E-state index in [1.807, 2.05) is 36.7 Å². The number of ketones is 1. The van der Waals surface area contributed by atoms with E-state index >= 15 is 0 Å². The van der Waals surface area contributed by atoms with Crippen LogP contribution in [-0.4, -0.2) is 57.4 Å². The first-order chi connectivity index (χ1) is 12.1. The Labute approximate surface area is 153 Å². The monoisotopic (exact) mass is 355 g/mol. The molecule has 1 N–H and O–H groups in total. The number of carbonyl (C=O) groups excluding carboxylic acids is 1. The number of piperidine rings is 1. The number of fused-ring (bicyclic) bond motifs is 1. The Morgan fingerprint density at radius 1 is 1.32 bits per heavy atom. The van der Waals surface area contributed by atoms with Crippen molar-refractivity contribution in [1.29, 1.82) is 0 Å². The van der Waals surface area contributed by atoms with Crippen molar-refractivity contribution in [3.63, 3.8) is 0 Å². The second-order valence-electron chi connectivity index (χ2n) is 7.30. The fourth-order valence-corrected chi connectivity index (χ4v) is 5.58. The van der Waals surface area contributed by atoms with E-state index in [-0.39, 0.29) is 5.78 Å². The second-order valence-corrected chi connectivity index (χ2v) is 9.09. The van der Waals surface area contributed by atoms with Crippen LogP contribution in [0.5, 0.6) is 0 Å². The number of hydrogen-bond acceptors (Lipinski definition) is 4. The molecule has 3 heterocycles. The predicted octanol–water partition coefficient (Wildman–Crippen LogP) is 3.72. The van der Waals surface area contributed by atoms with Crippen molar-refractivity contribution < 1.29 is 4.79 Å². The van der Waals surface area contributed by atoms with Gasteiger partial charge in [-0.1, -0.05) is 18.2 Å². The molecular weight excluding hydrogens is 330 g/mol. The molecular formula is C20H25N3OS. The lowest BCUT2D eigenvalue weighted by Gasteiger charge is -2.36. The van der Waals surface area contributed by atoms with E-state index in [4.69, 9.17) is 0 Å². The number of nitrogens with zero attached hydrogens (tertiary/aromatic N) is 2. The Kier molecular flexibility index (Phi) is 4.38. The van der Waals surface area contributed by atoms with Crippen LogP contribution in [0, 0.1) is 0 Å². The summed E-state index contributed by atoms with van der Waals surface area (Å²) in [6.45, 7) is 5.64. The number of para-hydroxylation sites is 1. The van der Waals surface area contributed by atoms with E-state index in [0.29, 0.717) is 10.1 Å². The minimum absolute atomic E-state index is 0.0685. The zero-order valence-electron chi connectivity index (χ0n) is 14.9. The van der Waals surface area contributed by atoms with E-state index in [9.17, 15) is 4.79 Å². The van der Waals surface area contributed by atoms with Gasteiger partial charge in [-0.2, -0.15) is 0 Å². The van der Waals surface area contributed by atoms with Gasteiger partial charge in [0.1, 0.15) is 0 Å². The predicted molar refractivity (Wildman–Crippen MR) is 105 cm³/mol. The Hall–Kier alpha value is -1.72. The topological polar surface area (TPSA) is 39.3 Å². The first-order valence-electron chi connectivity index (χ1n) is 8.97. The second kappa shape index (κ2) is 6.54. The molecule has 2 fully saturated rings. The number of allylic oxidation sites excluding steroid dienone is 1. The summed E-state index contributed by atoms with van der Waals surface area (Å²) in [6.07, 6.45) is 8.03. The Balaban J connectivity index is 1.47. The van der Waals surface area contributed by atoms with Crippen LogP contribution < -0.4 is 0 Å². The summed E-state index contributed by atoms with van der Waals surface area (Å²) in [5.74, 6) is 0.0685. The molecule has 1 atom stereocenters. The molecule has 0 bridgehead atoms. The van der Waals surface area contributed by atoms with E-state index < -0.39 is 0 Å². The van der Waals surface area contributed by atoms with Crippen LogP contribution in [0.4, 0.5) is 0 Å². The van der Waals surface area contributed by atoms with Gasteiger partial charge < -0.3 is 14.8 Å². The van der Waals surface area contributed by atoms with Gasteiger partial charge in [0, 0.05) is 46.2 Å². The van der Waals surface area contributed by atoms with Gasteiger partial charge in [0.2, 0.25) is 0 Å². The average Bonchev–Trinajstić information content (AvgIpc) is 3.17. The molecule has 1 spiro atoms. The maximum Gasteiger partial charge on any atom is 0.189 e. The first-order valence-corrected chi connectivity index (χ1v) is 9.85. The lowest BCUT2D eigenvalue weighted by atomic mass is 9.95. The molecule has 4 nitrogen and oxygen atoms in total. The molecule has 132 valence electrons. The normalized spacial score (nSPS) is 23.9. The van der Waals surface area contributed by atoms with Gasteiger partial charge >= 0.3 is 0 Å². The molecule has 2 aliphatic rings. The van der Waals surface area contributed by atoms with Gasteiger partial charge in [-0.25, -0.2) is 0 Å². The smallest absolute Gasteiger partial charge is 0.189 e. The summed E-state index contributed by atoms with van der Waals surface area (Å²) < 4.78 is 0.361. The van der Waals surface area contributed by atoms with Gasteiger partial charge in [0.05, 0.1) is 5.37 Å². The van der Waals surface area contributed by atoms with E-state index in [1.54, 1.807) is 6.08 Å². The number of thioether (sulfide) groups is 1. The molecule has 1 unspecified atom stereocenters. The zero-order valence-corrected chi connectivity index (χ0v) is 15.7. The Bertz CT molecular complexity index is 804. The van der Waals surface area contributed by atoms with Crippen molar-refractivity contribution in [3.05, 3.63) is 48.3 Å². The number of carbonyl (C=O) groups is 1. The maximum atomic E-state index is 12.6. The fraction of sp³-hybridized carbons (Fsp3) is 0.450. The minimum Gasteiger partial charge on any atom is -0.364 e. The number of nitrogens with one attached hydrogen (secondary N) is 1. The zero-order chi connectivity index (χ0) is 17.4. The highest BCUT2D eigenvalue weighted by molar-refractivity contribution is 8.01.